The van der Waals surface area contributed by atoms with Crippen molar-refractivity contribution in [3.8, 4) is 0 Å². The summed E-state index contributed by atoms with van der Waals surface area (Å²) in [5.41, 5.74) is 6.85. The van der Waals surface area contributed by atoms with E-state index >= 15 is 0 Å². The van der Waals surface area contributed by atoms with Crippen LogP contribution < -0.4 is 11.1 Å². The molecule has 2 unspecified atom stereocenters. The van der Waals surface area contributed by atoms with E-state index in [0.717, 1.165) is 12.1 Å². The lowest BCUT2D eigenvalue weighted by Gasteiger charge is -2.51. The third-order valence-electron chi connectivity index (χ3n) is 4.09. The quantitative estimate of drug-likeness (QED) is 0.726. The Balaban J connectivity index is 2.13. The van der Waals surface area contributed by atoms with Crippen molar-refractivity contribution in [3.05, 3.63) is 23.8 Å². The number of nitrogens with one attached hydrogen (secondary N) is 1. The number of hydrogen-bond acceptors (Lipinski definition) is 4. The molecule has 1 saturated carbocycles. The molecule has 2 atom stereocenters. The first-order valence-corrected chi connectivity index (χ1v) is 6.28. The Kier molecular flexibility index (Phi) is 3.41. The molecule has 4 N–H and O–H groups in total. The zero-order chi connectivity index (χ0) is 14.2. The molecule has 0 aromatic heterocycles. The van der Waals surface area contributed by atoms with Gasteiger partial charge in [0.2, 0.25) is 0 Å². The summed E-state index contributed by atoms with van der Waals surface area (Å²) in [7, 11) is 1.72. The summed E-state index contributed by atoms with van der Waals surface area (Å²) in [6.07, 6.45) is 1.15. The van der Waals surface area contributed by atoms with Crippen molar-refractivity contribution in [3.63, 3.8) is 0 Å². The van der Waals surface area contributed by atoms with Crippen molar-refractivity contribution in [2.45, 2.75) is 32.4 Å². The monoisotopic (exact) mass is 264 g/mol. The maximum Gasteiger partial charge on any atom is 0.337 e. The number of anilines is 2. The van der Waals surface area contributed by atoms with E-state index in [9.17, 15) is 4.79 Å². The van der Waals surface area contributed by atoms with Gasteiger partial charge in [-0.3, -0.25) is 0 Å². The Hall–Kier alpha value is -1.75. The SMILES string of the molecule is COC1CC(Nc2ccc(N)c(C(=O)O)c2)C1(C)C. The molecule has 1 aromatic carbocycles. The van der Waals surface area contributed by atoms with Crippen LogP contribution in [0.5, 0.6) is 0 Å². The van der Waals surface area contributed by atoms with Crippen LogP contribution in [0.4, 0.5) is 11.4 Å². The van der Waals surface area contributed by atoms with Crippen molar-refractivity contribution in [1.29, 1.82) is 0 Å². The van der Waals surface area contributed by atoms with Crippen molar-refractivity contribution < 1.29 is 14.6 Å². The Morgan fingerprint density at radius 2 is 2.21 bits per heavy atom. The van der Waals surface area contributed by atoms with Crippen molar-refractivity contribution in [1.82, 2.24) is 0 Å². The highest BCUT2D eigenvalue weighted by Crippen LogP contribution is 2.44. The second-order valence-electron chi connectivity index (χ2n) is 5.59. The number of nitrogen functional groups attached to an aromatic ring is 1. The number of aromatic carboxylic acids is 1. The van der Waals surface area contributed by atoms with Gasteiger partial charge in [0.1, 0.15) is 0 Å². The van der Waals surface area contributed by atoms with Crippen LogP contribution >= 0.6 is 0 Å². The lowest BCUT2D eigenvalue weighted by molar-refractivity contribution is -0.0794. The molecule has 0 aliphatic heterocycles. The molecule has 1 aliphatic carbocycles. The van der Waals surface area contributed by atoms with Gasteiger partial charge >= 0.3 is 5.97 Å². The number of carboxylic acids is 1. The van der Waals surface area contributed by atoms with Crippen LogP contribution in [0.3, 0.4) is 0 Å². The molecule has 2 rings (SSSR count). The van der Waals surface area contributed by atoms with Gasteiger partial charge in [0.15, 0.2) is 0 Å². The van der Waals surface area contributed by atoms with E-state index in [1.165, 1.54) is 0 Å². The van der Waals surface area contributed by atoms with Gasteiger partial charge in [0.25, 0.3) is 0 Å². The summed E-state index contributed by atoms with van der Waals surface area (Å²) >= 11 is 0. The van der Waals surface area contributed by atoms with Crippen LogP contribution in [0.15, 0.2) is 18.2 Å². The van der Waals surface area contributed by atoms with E-state index in [1.807, 2.05) is 0 Å². The highest BCUT2D eigenvalue weighted by molar-refractivity contribution is 5.94. The van der Waals surface area contributed by atoms with Gasteiger partial charge < -0.3 is 20.9 Å². The molecule has 0 bridgehead atoms. The molecule has 5 nitrogen and oxygen atoms in total. The number of rotatable bonds is 4. The number of carboxylic acid groups (broad SMARTS) is 1. The van der Waals surface area contributed by atoms with Crippen molar-refractivity contribution in [2.24, 2.45) is 5.41 Å². The molecule has 5 heteroatoms. The van der Waals surface area contributed by atoms with E-state index in [1.54, 1.807) is 25.3 Å². The minimum absolute atomic E-state index is 0.0273. The molecule has 0 radical (unpaired) electrons. The first-order valence-electron chi connectivity index (χ1n) is 6.28. The highest BCUT2D eigenvalue weighted by atomic mass is 16.5. The van der Waals surface area contributed by atoms with Crippen molar-refractivity contribution >= 4 is 17.3 Å². The van der Waals surface area contributed by atoms with Gasteiger partial charge in [-0.1, -0.05) is 13.8 Å². The number of nitrogens with two attached hydrogens (primary N) is 1. The Morgan fingerprint density at radius 1 is 1.53 bits per heavy atom. The van der Waals surface area contributed by atoms with Gasteiger partial charge in [0, 0.05) is 29.9 Å². The zero-order valence-electron chi connectivity index (χ0n) is 11.4. The average molecular weight is 264 g/mol. The first kappa shape index (κ1) is 13.7. The number of methoxy groups -OCH3 is 1. The van der Waals surface area contributed by atoms with E-state index in [2.05, 4.69) is 19.2 Å². The molecule has 0 spiro atoms. The van der Waals surface area contributed by atoms with Crippen LogP contribution in [0.2, 0.25) is 0 Å². The first-order chi connectivity index (χ1) is 8.86. The van der Waals surface area contributed by atoms with Crippen LogP contribution in [-0.4, -0.2) is 30.3 Å². The topological polar surface area (TPSA) is 84.6 Å². The Morgan fingerprint density at radius 3 is 2.74 bits per heavy atom. The van der Waals surface area contributed by atoms with Crippen LogP contribution in [0.1, 0.15) is 30.6 Å². The third kappa shape index (κ3) is 2.38. The standard InChI is InChI=1S/C14H20N2O3/c1-14(2)11(7-12(14)19-3)16-8-4-5-10(15)9(6-8)13(17)18/h4-6,11-12,16H,7,15H2,1-3H3,(H,17,18). The van der Waals surface area contributed by atoms with Gasteiger partial charge in [-0.05, 0) is 24.6 Å². The molecule has 104 valence electrons. The van der Waals surface area contributed by atoms with Gasteiger partial charge in [-0.2, -0.15) is 0 Å². The Bertz CT molecular complexity index is 499. The minimum Gasteiger partial charge on any atom is -0.478 e. The van der Waals surface area contributed by atoms with Gasteiger partial charge in [-0.25, -0.2) is 4.79 Å². The lowest BCUT2D eigenvalue weighted by Crippen LogP contribution is -2.57. The van der Waals surface area contributed by atoms with E-state index in [-0.39, 0.29) is 28.8 Å². The summed E-state index contributed by atoms with van der Waals surface area (Å²) in [4.78, 5) is 11.0. The highest BCUT2D eigenvalue weighted by Gasteiger charge is 2.48. The van der Waals surface area contributed by atoms with Crippen LogP contribution in [0.25, 0.3) is 0 Å². The smallest absolute Gasteiger partial charge is 0.337 e. The summed E-state index contributed by atoms with van der Waals surface area (Å²) in [5, 5.41) is 12.4. The fraction of sp³-hybridized carbons (Fsp3) is 0.500. The fourth-order valence-corrected chi connectivity index (χ4v) is 2.56. The number of ether oxygens (including phenoxy) is 1. The number of carbonyl (C=O) groups is 1. The normalized spacial score (nSPS) is 24.6. The maximum atomic E-state index is 11.0. The Labute approximate surface area is 112 Å². The summed E-state index contributed by atoms with van der Waals surface area (Å²) < 4.78 is 5.40. The average Bonchev–Trinajstić information content (AvgIpc) is 2.35. The van der Waals surface area contributed by atoms with Crippen molar-refractivity contribution in [2.75, 3.05) is 18.2 Å². The third-order valence-corrected chi connectivity index (χ3v) is 4.09. The summed E-state index contributed by atoms with van der Waals surface area (Å²) in [6, 6.07) is 5.26. The maximum absolute atomic E-state index is 11.0. The van der Waals surface area contributed by atoms with E-state index < -0.39 is 5.97 Å². The summed E-state index contributed by atoms with van der Waals surface area (Å²) in [5.74, 6) is -1.01. The molecule has 1 fully saturated rings. The molecule has 0 amide bonds. The summed E-state index contributed by atoms with van der Waals surface area (Å²) in [6.45, 7) is 4.27. The van der Waals surface area contributed by atoms with E-state index in [0.29, 0.717) is 0 Å². The molecular weight excluding hydrogens is 244 g/mol. The van der Waals surface area contributed by atoms with Gasteiger partial charge in [-0.15, -0.1) is 0 Å². The fourth-order valence-electron chi connectivity index (χ4n) is 2.56. The lowest BCUT2D eigenvalue weighted by atomic mass is 9.64. The molecule has 1 aliphatic rings. The largest absolute Gasteiger partial charge is 0.478 e. The van der Waals surface area contributed by atoms with E-state index in [4.69, 9.17) is 15.6 Å². The van der Waals surface area contributed by atoms with Crippen LogP contribution in [-0.2, 0) is 4.74 Å². The molecule has 19 heavy (non-hydrogen) atoms. The minimum atomic E-state index is -1.01. The van der Waals surface area contributed by atoms with Gasteiger partial charge in [0.05, 0.1) is 11.7 Å². The number of benzene rings is 1. The molecule has 0 heterocycles. The molecule has 1 aromatic rings. The van der Waals surface area contributed by atoms with Crippen LogP contribution in [0, 0.1) is 5.41 Å². The predicted molar refractivity (Wildman–Crippen MR) is 74.4 cm³/mol. The zero-order valence-corrected chi connectivity index (χ0v) is 11.4. The number of hydrogen-bond donors (Lipinski definition) is 3. The second-order valence-corrected chi connectivity index (χ2v) is 5.59. The molecule has 0 saturated heterocycles. The second kappa shape index (κ2) is 4.74. The predicted octanol–water partition coefficient (Wildman–Crippen LogP) is 2.19. The molecular formula is C14H20N2O3.